The van der Waals surface area contributed by atoms with E-state index in [9.17, 15) is 19.2 Å². The number of imide groups is 1. The normalized spacial score (nSPS) is 19.6. The van der Waals surface area contributed by atoms with Crippen LogP contribution in [-0.4, -0.2) is 34.6 Å². The predicted molar refractivity (Wildman–Crippen MR) is 161 cm³/mol. The minimum absolute atomic E-state index is 0.302. The Kier molecular flexibility index (Phi) is 7.41. The average molecular weight is 627 g/mol. The van der Waals surface area contributed by atoms with E-state index >= 15 is 0 Å². The van der Waals surface area contributed by atoms with Crippen molar-refractivity contribution in [2.45, 2.75) is 23.1 Å². The molecular weight excluding hydrogens is 605 g/mol. The van der Waals surface area contributed by atoms with Gasteiger partial charge in [-0.25, -0.2) is 4.90 Å². The van der Waals surface area contributed by atoms with Gasteiger partial charge >= 0.3 is 4.87 Å². The van der Waals surface area contributed by atoms with Crippen molar-refractivity contribution in [1.29, 1.82) is 0 Å². The number of H-pyrrole nitrogens is 1. The molecule has 8 nitrogen and oxygen atoms in total. The monoisotopic (exact) mass is 625 g/mol. The fraction of sp³-hybridized carbons (Fsp3) is 0.172. The second-order valence-corrected chi connectivity index (χ2v) is 12.7. The van der Waals surface area contributed by atoms with Crippen molar-refractivity contribution in [3.05, 3.63) is 102 Å². The number of nitrogens with zero attached hydrogens (tertiary/aromatic N) is 1. The van der Waals surface area contributed by atoms with Crippen molar-refractivity contribution in [3.8, 4) is 5.75 Å². The number of benzene rings is 3. The molecule has 3 amide bonds. The number of aryl methyl sites for hydroxylation is 1. The lowest BCUT2D eigenvalue weighted by molar-refractivity contribution is -0.122. The lowest BCUT2D eigenvalue weighted by atomic mass is 9.82. The predicted octanol–water partition coefficient (Wildman–Crippen LogP) is 5.86. The summed E-state index contributed by atoms with van der Waals surface area (Å²) in [5.41, 5.74) is 2.55. The van der Waals surface area contributed by atoms with Gasteiger partial charge in [0.1, 0.15) is 11.0 Å². The van der Waals surface area contributed by atoms with Crippen LogP contribution < -0.4 is 19.8 Å². The number of anilines is 2. The van der Waals surface area contributed by atoms with E-state index in [2.05, 4.69) is 10.3 Å². The number of rotatable bonds is 6. The number of carbonyl (C=O) groups is 3. The lowest BCUT2D eigenvalue weighted by Gasteiger charge is -2.31. The standard InChI is InChI=1S/C29H21Cl2N3O5S2/c1-14-3-2-4-17(11-14)32-21(35)13-39-20-10-7-16(31)12-19(20)22-23-25(40-26-24(22)41-29(38)33-26)28(37)34(27(23)36)18-8-5-15(30)6-9-18/h2-12,22-23,25H,13H2,1H3,(H,32,35)(H,33,38)/t22-,23?,25?/m1/s1. The lowest BCUT2D eigenvalue weighted by Crippen LogP contribution is -2.32. The van der Waals surface area contributed by atoms with Gasteiger partial charge in [0.15, 0.2) is 6.61 Å². The molecule has 0 aliphatic carbocycles. The molecule has 0 spiro atoms. The number of nitrogens with one attached hydrogen (secondary N) is 2. The molecule has 2 aliphatic heterocycles. The highest BCUT2D eigenvalue weighted by atomic mass is 35.5. The molecule has 1 aromatic heterocycles. The quantitative estimate of drug-likeness (QED) is 0.260. The number of carbonyl (C=O) groups excluding carboxylic acids is 3. The summed E-state index contributed by atoms with van der Waals surface area (Å²) < 4.78 is 5.98. The third-order valence-corrected chi connectivity index (χ3v) is 9.76. The number of thioether (sulfide) groups is 1. The van der Waals surface area contributed by atoms with Gasteiger partial charge in [0.25, 0.3) is 5.91 Å². The Hall–Kier alpha value is -3.57. The Morgan fingerprint density at radius 3 is 2.51 bits per heavy atom. The van der Waals surface area contributed by atoms with E-state index in [1.54, 1.807) is 48.5 Å². The highest BCUT2D eigenvalue weighted by molar-refractivity contribution is 8.00. The fourth-order valence-electron chi connectivity index (χ4n) is 5.15. The first kappa shape index (κ1) is 27.6. The largest absolute Gasteiger partial charge is 0.483 e. The van der Waals surface area contributed by atoms with Gasteiger partial charge in [-0.15, -0.1) is 0 Å². The third kappa shape index (κ3) is 5.28. The van der Waals surface area contributed by atoms with Crippen molar-refractivity contribution < 1.29 is 19.1 Å². The molecule has 4 aromatic rings. The van der Waals surface area contributed by atoms with Crippen LogP contribution in [0.1, 0.15) is 21.9 Å². The summed E-state index contributed by atoms with van der Waals surface area (Å²) in [5.74, 6) is -2.42. The maximum absolute atomic E-state index is 14.0. The van der Waals surface area contributed by atoms with E-state index in [4.69, 9.17) is 27.9 Å². The molecule has 41 heavy (non-hydrogen) atoms. The van der Waals surface area contributed by atoms with E-state index in [0.29, 0.717) is 42.6 Å². The molecule has 0 bridgehead atoms. The Morgan fingerprint density at radius 1 is 1.00 bits per heavy atom. The molecule has 1 fully saturated rings. The van der Waals surface area contributed by atoms with Gasteiger partial charge in [-0.3, -0.25) is 19.2 Å². The number of aromatic amines is 1. The Labute approximate surface area is 252 Å². The second kappa shape index (κ2) is 11.0. The summed E-state index contributed by atoms with van der Waals surface area (Å²) in [5, 5.41) is 3.39. The fourth-order valence-corrected chi connectivity index (χ4v) is 7.97. The van der Waals surface area contributed by atoms with Crippen molar-refractivity contribution in [2.24, 2.45) is 5.92 Å². The summed E-state index contributed by atoms with van der Waals surface area (Å²) >= 11 is 14.6. The summed E-state index contributed by atoms with van der Waals surface area (Å²) in [7, 11) is 0. The number of fused-ring (bicyclic) bond motifs is 2. The number of hydrogen-bond acceptors (Lipinski definition) is 7. The number of thiazole rings is 1. The van der Waals surface area contributed by atoms with Gasteiger partial charge in [-0.05, 0) is 67.1 Å². The third-order valence-electron chi connectivity index (χ3n) is 6.88. The zero-order chi connectivity index (χ0) is 28.8. The maximum atomic E-state index is 14.0. The molecule has 2 aliphatic rings. The smallest absolute Gasteiger partial charge is 0.305 e. The first-order valence-electron chi connectivity index (χ1n) is 12.5. The van der Waals surface area contributed by atoms with Crippen LogP contribution in [0.15, 0.2) is 76.6 Å². The zero-order valence-electron chi connectivity index (χ0n) is 21.4. The van der Waals surface area contributed by atoms with E-state index < -0.39 is 28.9 Å². The maximum Gasteiger partial charge on any atom is 0.305 e. The SMILES string of the molecule is Cc1cccc(NC(=O)COc2ccc(Cl)cc2[C@H]2c3sc(=O)[nH]c3SC3C(=O)N(c4ccc(Cl)cc4)C(=O)C32)c1. The number of halogens is 2. The first-order valence-corrected chi connectivity index (χ1v) is 15.0. The molecule has 3 atom stereocenters. The van der Waals surface area contributed by atoms with Crippen LogP contribution in [-0.2, 0) is 14.4 Å². The summed E-state index contributed by atoms with van der Waals surface area (Å²) in [6.45, 7) is 1.62. The Morgan fingerprint density at radius 2 is 1.76 bits per heavy atom. The van der Waals surface area contributed by atoms with Crippen LogP contribution in [0.3, 0.4) is 0 Å². The van der Waals surface area contributed by atoms with Crippen LogP contribution in [0, 0.1) is 12.8 Å². The van der Waals surface area contributed by atoms with Crippen LogP contribution in [0.5, 0.6) is 5.75 Å². The van der Waals surface area contributed by atoms with Gasteiger partial charge < -0.3 is 15.0 Å². The minimum Gasteiger partial charge on any atom is -0.483 e. The van der Waals surface area contributed by atoms with Crippen molar-refractivity contribution in [1.82, 2.24) is 4.98 Å². The molecule has 3 heterocycles. The van der Waals surface area contributed by atoms with Gasteiger partial charge in [0.2, 0.25) is 11.8 Å². The van der Waals surface area contributed by atoms with E-state index in [-0.39, 0.29) is 17.4 Å². The van der Waals surface area contributed by atoms with Gasteiger partial charge in [-0.2, -0.15) is 0 Å². The summed E-state index contributed by atoms with van der Waals surface area (Å²) in [6.07, 6.45) is 0. The minimum atomic E-state index is -0.843. The van der Waals surface area contributed by atoms with Gasteiger partial charge in [0, 0.05) is 32.1 Å². The van der Waals surface area contributed by atoms with Crippen LogP contribution in [0.2, 0.25) is 10.0 Å². The summed E-state index contributed by atoms with van der Waals surface area (Å²) in [6, 6.07) is 18.8. The number of ether oxygens (including phenoxy) is 1. The molecule has 2 N–H and O–H groups in total. The topological polar surface area (TPSA) is 109 Å². The van der Waals surface area contributed by atoms with E-state index in [0.717, 1.165) is 16.9 Å². The Balaban J connectivity index is 1.36. The first-order chi connectivity index (χ1) is 19.7. The molecule has 1 saturated heterocycles. The van der Waals surface area contributed by atoms with E-state index in [1.807, 2.05) is 25.1 Å². The molecule has 2 unspecified atom stereocenters. The molecule has 12 heteroatoms. The second-order valence-electron chi connectivity index (χ2n) is 9.63. The van der Waals surface area contributed by atoms with Gasteiger partial charge in [0.05, 0.1) is 16.6 Å². The molecule has 208 valence electrons. The molecule has 0 saturated carbocycles. The molecule has 0 radical (unpaired) electrons. The van der Waals surface area contributed by atoms with Crippen molar-refractivity contribution >= 4 is 75.4 Å². The zero-order valence-corrected chi connectivity index (χ0v) is 24.5. The summed E-state index contributed by atoms with van der Waals surface area (Å²) in [4.78, 5) is 57.1. The van der Waals surface area contributed by atoms with Crippen molar-refractivity contribution in [3.63, 3.8) is 0 Å². The van der Waals surface area contributed by atoms with Gasteiger partial charge in [-0.1, -0.05) is 58.4 Å². The molecule has 6 rings (SSSR count). The molecule has 3 aromatic carbocycles. The number of amides is 3. The molecular formula is C29H21Cl2N3O5S2. The Bertz CT molecular complexity index is 1750. The van der Waals surface area contributed by atoms with Crippen LogP contribution in [0.25, 0.3) is 0 Å². The highest BCUT2D eigenvalue weighted by Gasteiger charge is 2.56. The van der Waals surface area contributed by atoms with Crippen LogP contribution >= 0.6 is 46.3 Å². The number of hydrogen-bond donors (Lipinski definition) is 2. The highest BCUT2D eigenvalue weighted by Crippen LogP contribution is 2.54. The van der Waals surface area contributed by atoms with Crippen LogP contribution in [0.4, 0.5) is 11.4 Å². The van der Waals surface area contributed by atoms with E-state index in [1.165, 1.54) is 16.7 Å². The van der Waals surface area contributed by atoms with Crippen molar-refractivity contribution in [2.75, 3.05) is 16.8 Å². The number of aromatic nitrogens is 1. The average Bonchev–Trinajstić information content (AvgIpc) is 3.42.